The van der Waals surface area contributed by atoms with Crippen molar-refractivity contribution in [2.75, 3.05) is 0 Å². The molecule has 2 aromatic carbocycles. The molecule has 0 amide bonds. The maximum atomic E-state index is 13.2. The summed E-state index contributed by atoms with van der Waals surface area (Å²) < 4.78 is 19.3. The SMILES string of the molecule is CC(C)(C)c1cc(-c2ccc(F)cc2)cc(-c2ccccc2)[o+]1. The molecule has 0 aliphatic heterocycles. The Balaban J connectivity index is 2.18. The average Bonchev–Trinajstić information content (AvgIpc) is 2.55. The predicted molar refractivity (Wildman–Crippen MR) is 92.6 cm³/mol. The van der Waals surface area contributed by atoms with Crippen molar-refractivity contribution < 1.29 is 8.81 Å². The summed E-state index contributed by atoms with van der Waals surface area (Å²) in [6.07, 6.45) is 0. The van der Waals surface area contributed by atoms with Crippen LogP contribution in [0.25, 0.3) is 22.5 Å². The van der Waals surface area contributed by atoms with Crippen molar-refractivity contribution in [2.24, 2.45) is 0 Å². The van der Waals surface area contributed by atoms with Crippen molar-refractivity contribution in [3.63, 3.8) is 0 Å². The lowest BCUT2D eigenvalue weighted by atomic mass is 9.90. The zero-order valence-electron chi connectivity index (χ0n) is 13.6. The summed E-state index contributed by atoms with van der Waals surface area (Å²) in [5, 5.41) is 0. The van der Waals surface area contributed by atoms with Crippen molar-refractivity contribution >= 4 is 0 Å². The van der Waals surface area contributed by atoms with Crippen LogP contribution in [-0.4, -0.2) is 0 Å². The van der Waals surface area contributed by atoms with E-state index in [4.69, 9.17) is 4.42 Å². The molecular weight excluding hydrogens is 287 g/mol. The summed E-state index contributed by atoms with van der Waals surface area (Å²) >= 11 is 0. The van der Waals surface area contributed by atoms with E-state index >= 15 is 0 Å². The second-order valence-corrected chi connectivity index (χ2v) is 6.70. The molecule has 0 bridgehead atoms. The largest absolute Gasteiger partial charge is 0.360 e. The molecule has 0 radical (unpaired) electrons. The van der Waals surface area contributed by atoms with E-state index in [1.807, 2.05) is 42.5 Å². The first kappa shape index (κ1) is 15.4. The second-order valence-electron chi connectivity index (χ2n) is 6.70. The molecule has 0 saturated carbocycles. The number of rotatable bonds is 2. The van der Waals surface area contributed by atoms with E-state index < -0.39 is 0 Å². The topological polar surface area (TPSA) is 11.3 Å². The van der Waals surface area contributed by atoms with Gasteiger partial charge in [-0.15, -0.1) is 0 Å². The van der Waals surface area contributed by atoms with Crippen molar-refractivity contribution in [1.29, 1.82) is 0 Å². The number of hydrogen-bond donors (Lipinski definition) is 0. The van der Waals surface area contributed by atoms with Gasteiger partial charge in [-0.3, -0.25) is 0 Å². The van der Waals surface area contributed by atoms with Crippen molar-refractivity contribution in [2.45, 2.75) is 26.2 Å². The Bertz CT molecular complexity index is 799. The van der Waals surface area contributed by atoms with E-state index in [1.165, 1.54) is 12.1 Å². The van der Waals surface area contributed by atoms with Crippen LogP contribution in [0.2, 0.25) is 0 Å². The lowest BCUT2D eigenvalue weighted by Gasteiger charge is -2.11. The molecular formula is C21H20FO+. The van der Waals surface area contributed by atoms with Gasteiger partial charge in [0.05, 0.1) is 17.0 Å². The number of benzene rings is 2. The first-order valence-electron chi connectivity index (χ1n) is 7.73. The zero-order valence-corrected chi connectivity index (χ0v) is 13.6. The van der Waals surface area contributed by atoms with Crippen LogP contribution in [-0.2, 0) is 5.41 Å². The molecule has 23 heavy (non-hydrogen) atoms. The first-order chi connectivity index (χ1) is 10.9. The van der Waals surface area contributed by atoms with Gasteiger partial charge in [-0.05, 0) is 50.6 Å². The minimum absolute atomic E-state index is 0.112. The van der Waals surface area contributed by atoms with Crippen LogP contribution in [0.3, 0.4) is 0 Å². The van der Waals surface area contributed by atoms with Crippen LogP contribution in [0.5, 0.6) is 0 Å². The summed E-state index contributed by atoms with van der Waals surface area (Å²) in [5.41, 5.74) is 2.92. The Hall–Kier alpha value is -2.48. The Morgan fingerprint density at radius 1 is 0.739 bits per heavy atom. The minimum Gasteiger partial charge on any atom is -0.212 e. The van der Waals surface area contributed by atoms with Gasteiger partial charge in [0.25, 0.3) is 0 Å². The van der Waals surface area contributed by atoms with Gasteiger partial charge >= 0.3 is 11.5 Å². The molecule has 0 fully saturated rings. The molecule has 0 aliphatic carbocycles. The van der Waals surface area contributed by atoms with Crippen LogP contribution >= 0.6 is 0 Å². The second kappa shape index (κ2) is 5.96. The van der Waals surface area contributed by atoms with Crippen LogP contribution < -0.4 is 0 Å². The van der Waals surface area contributed by atoms with Crippen molar-refractivity contribution in [3.8, 4) is 22.5 Å². The molecule has 1 heterocycles. The lowest BCUT2D eigenvalue weighted by Crippen LogP contribution is -2.11. The van der Waals surface area contributed by atoms with Gasteiger partial charge < -0.3 is 0 Å². The Labute approximate surface area is 136 Å². The fourth-order valence-corrected chi connectivity index (χ4v) is 2.42. The third-order valence-electron chi connectivity index (χ3n) is 3.77. The third-order valence-corrected chi connectivity index (χ3v) is 3.77. The highest BCUT2D eigenvalue weighted by Gasteiger charge is 2.29. The van der Waals surface area contributed by atoms with Gasteiger partial charge in [0.15, 0.2) is 0 Å². The van der Waals surface area contributed by atoms with Gasteiger partial charge in [0, 0.05) is 11.6 Å². The van der Waals surface area contributed by atoms with E-state index in [0.29, 0.717) is 0 Å². The van der Waals surface area contributed by atoms with Crippen molar-refractivity contribution in [3.05, 3.63) is 78.3 Å². The molecule has 2 heteroatoms. The molecule has 0 N–H and O–H groups in total. The maximum Gasteiger partial charge on any atom is 0.360 e. The quantitative estimate of drug-likeness (QED) is 0.503. The Kier molecular flexibility index (Phi) is 3.99. The first-order valence-corrected chi connectivity index (χ1v) is 7.73. The van der Waals surface area contributed by atoms with E-state index in [1.54, 1.807) is 12.1 Å². The van der Waals surface area contributed by atoms with Gasteiger partial charge in [-0.25, -0.2) is 8.81 Å². The molecule has 0 aliphatic rings. The minimum atomic E-state index is -0.228. The number of hydrogen-bond acceptors (Lipinski definition) is 0. The number of halogens is 1. The van der Waals surface area contributed by atoms with Crippen LogP contribution in [0.15, 0.2) is 71.1 Å². The van der Waals surface area contributed by atoms with Crippen LogP contribution in [0, 0.1) is 5.82 Å². The van der Waals surface area contributed by atoms with Gasteiger partial charge in [-0.2, -0.15) is 0 Å². The smallest absolute Gasteiger partial charge is 0.212 e. The summed E-state index contributed by atoms with van der Waals surface area (Å²) in [4.78, 5) is 0. The molecule has 3 rings (SSSR count). The predicted octanol–water partition coefficient (Wildman–Crippen LogP) is 6.33. The van der Waals surface area contributed by atoms with Crippen molar-refractivity contribution in [1.82, 2.24) is 0 Å². The fourth-order valence-electron chi connectivity index (χ4n) is 2.42. The average molecular weight is 307 g/mol. The van der Waals surface area contributed by atoms with E-state index in [-0.39, 0.29) is 11.2 Å². The summed E-state index contributed by atoms with van der Waals surface area (Å²) in [6, 6.07) is 20.6. The molecule has 1 aromatic heterocycles. The van der Waals surface area contributed by atoms with Crippen LogP contribution in [0.4, 0.5) is 4.39 Å². The summed E-state index contributed by atoms with van der Waals surface area (Å²) in [6.45, 7) is 6.36. The maximum absolute atomic E-state index is 13.2. The van der Waals surface area contributed by atoms with E-state index in [0.717, 1.165) is 28.2 Å². The normalized spacial score (nSPS) is 11.5. The molecule has 0 spiro atoms. The standard InChI is InChI=1S/C21H20FO/c1-21(2,3)20-14-17(15-9-11-18(22)12-10-15)13-19(23-20)16-7-5-4-6-8-16/h4-14H,1-3H3/q+1. The van der Waals surface area contributed by atoms with Crippen LogP contribution in [0.1, 0.15) is 26.5 Å². The van der Waals surface area contributed by atoms with Gasteiger partial charge in [0.2, 0.25) is 0 Å². The Morgan fingerprint density at radius 3 is 2.00 bits per heavy atom. The van der Waals surface area contributed by atoms with Gasteiger partial charge in [0.1, 0.15) is 5.82 Å². The molecule has 0 unspecified atom stereocenters. The van der Waals surface area contributed by atoms with Gasteiger partial charge in [-0.1, -0.05) is 30.3 Å². The monoisotopic (exact) mass is 307 g/mol. The zero-order chi connectivity index (χ0) is 16.4. The molecule has 116 valence electrons. The molecule has 0 atom stereocenters. The highest BCUT2D eigenvalue weighted by atomic mass is 19.1. The highest BCUT2D eigenvalue weighted by Crippen LogP contribution is 2.33. The fraction of sp³-hybridized carbons (Fsp3) is 0.190. The molecule has 0 saturated heterocycles. The molecule has 1 nitrogen and oxygen atoms in total. The van der Waals surface area contributed by atoms with E-state index in [9.17, 15) is 4.39 Å². The van der Waals surface area contributed by atoms with E-state index in [2.05, 4.69) is 20.8 Å². The highest BCUT2D eigenvalue weighted by molar-refractivity contribution is 5.70. The Morgan fingerprint density at radius 2 is 1.39 bits per heavy atom. The lowest BCUT2D eigenvalue weighted by molar-refractivity contribution is 0.406. The summed E-state index contributed by atoms with van der Waals surface area (Å²) in [7, 11) is 0. The molecule has 3 aromatic rings. The summed E-state index contributed by atoms with van der Waals surface area (Å²) in [5.74, 6) is 1.49. The third kappa shape index (κ3) is 3.48.